The molecule has 0 saturated carbocycles. The normalized spacial score (nSPS) is 15.9. The third-order valence-corrected chi connectivity index (χ3v) is 1.67. The minimum atomic E-state index is -1.16. The van der Waals surface area contributed by atoms with E-state index in [-0.39, 0.29) is 13.2 Å². The molecule has 3 N–H and O–H groups in total. The van der Waals surface area contributed by atoms with E-state index in [2.05, 4.69) is 6.58 Å². The third-order valence-electron chi connectivity index (χ3n) is 1.67. The molecule has 1 atom stereocenters. The van der Waals surface area contributed by atoms with E-state index in [1.165, 1.54) is 6.08 Å². The minimum absolute atomic E-state index is 0.124. The lowest BCUT2D eigenvalue weighted by Gasteiger charge is -2.20. The molecule has 0 aliphatic heterocycles. The lowest BCUT2D eigenvalue weighted by molar-refractivity contribution is 0.0179. The van der Waals surface area contributed by atoms with E-state index in [1.54, 1.807) is 0 Å². The van der Waals surface area contributed by atoms with Crippen LogP contribution in [0.4, 0.5) is 0 Å². The molecule has 0 spiro atoms. The van der Waals surface area contributed by atoms with Crippen LogP contribution < -0.4 is 0 Å². The van der Waals surface area contributed by atoms with Crippen molar-refractivity contribution in [3.63, 3.8) is 0 Å². The van der Waals surface area contributed by atoms with E-state index >= 15 is 0 Å². The molecule has 11 heavy (non-hydrogen) atoms. The van der Waals surface area contributed by atoms with Gasteiger partial charge in [-0.05, 0) is 19.3 Å². The largest absolute Gasteiger partial charge is 0.396 e. The number of unbranched alkanes of at least 4 members (excludes halogenated alkanes) is 1. The standard InChI is InChI=1S/C8H16O3/c1-2-8(11,7-10)5-3-4-6-9/h2,9-11H,1,3-7H2. The smallest absolute Gasteiger partial charge is 0.105 e. The Bertz CT molecular complexity index is 114. The fourth-order valence-electron chi connectivity index (χ4n) is 0.789. The molecule has 0 aromatic heterocycles. The molecule has 1 unspecified atom stereocenters. The average molecular weight is 160 g/mol. The molecule has 0 fully saturated rings. The van der Waals surface area contributed by atoms with Crippen molar-refractivity contribution in [2.24, 2.45) is 0 Å². The molecule has 0 aromatic carbocycles. The first-order chi connectivity index (χ1) is 5.18. The number of aliphatic hydroxyl groups excluding tert-OH is 2. The first kappa shape index (κ1) is 10.6. The molecule has 0 bridgehead atoms. The minimum Gasteiger partial charge on any atom is -0.396 e. The van der Waals surface area contributed by atoms with Crippen molar-refractivity contribution >= 4 is 0 Å². The van der Waals surface area contributed by atoms with Gasteiger partial charge in [0.05, 0.1) is 6.61 Å². The van der Waals surface area contributed by atoms with Crippen LogP contribution in [0.3, 0.4) is 0 Å². The molecule has 3 heteroatoms. The van der Waals surface area contributed by atoms with E-state index < -0.39 is 5.60 Å². The second-order valence-corrected chi connectivity index (χ2v) is 2.65. The second-order valence-electron chi connectivity index (χ2n) is 2.65. The Kier molecular flexibility index (Phi) is 5.11. The van der Waals surface area contributed by atoms with Crippen LogP contribution in [-0.2, 0) is 0 Å². The van der Waals surface area contributed by atoms with Gasteiger partial charge in [0.25, 0.3) is 0 Å². The van der Waals surface area contributed by atoms with Gasteiger partial charge in [-0.2, -0.15) is 0 Å². The van der Waals surface area contributed by atoms with Gasteiger partial charge in [-0.1, -0.05) is 6.08 Å². The molecule has 0 heterocycles. The monoisotopic (exact) mass is 160 g/mol. The SMILES string of the molecule is C=CC(O)(CO)CCCCO. The molecule has 0 aliphatic rings. The summed E-state index contributed by atoms with van der Waals surface area (Å²) in [6.07, 6.45) is 3.13. The van der Waals surface area contributed by atoms with Gasteiger partial charge in [-0.3, -0.25) is 0 Å². The van der Waals surface area contributed by atoms with Crippen LogP contribution in [0.5, 0.6) is 0 Å². The van der Waals surface area contributed by atoms with E-state index in [0.29, 0.717) is 19.3 Å². The molecule has 0 aromatic rings. The molecular formula is C8H16O3. The van der Waals surface area contributed by atoms with Gasteiger partial charge in [0, 0.05) is 6.61 Å². The van der Waals surface area contributed by atoms with Gasteiger partial charge in [-0.25, -0.2) is 0 Å². The zero-order valence-corrected chi connectivity index (χ0v) is 6.66. The lowest BCUT2D eigenvalue weighted by atomic mass is 9.98. The maximum Gasteiger partial charge on any atom is 0.105 e. The summed E-state index contributed by atoms with van der Waals surface area (Å²) in [6, 6.07) is 0. The molecule has 0 radical (unpaired) electrons. The Labute approximate surface area is 67.0 Å². The zero-order chi connectivity index (χ0) is 8.74. The van der Waals surface area contributed by atoms with Gasteiger partial charge in [-0.15, -0.1) is 6.58 Å². The van der Waals surface area contributed by atoms with Gasteiger partial charge >= 0.3 is 0 Å². The summed E-state index contributed by atoms with van der Waals surface area (Å²) in [5.74, 6) is 0. The molecule has 0 amide bonds. The van der Waals surface area contributed by atoms with Crippen LogP contribution in [-0.4, -0.2) is 34.1 Å². The van der Waals surface area contributed by atoms with Gasteiger partial charge in [0.15, 0.2) is 0 Å². The van der Waals surface area contributed by atoms with Crippen molar-refractivity contribution in [2.45, 2.75) is 24.9 Å². The average Bonchev–Trinajstić information content (AvgIpc) is 2.05. The van der Waals surface area contributed by atoms with Gasteiger partial charge in [0.2, 0.25) is 0 Å². The number of rotatable bonds is 6. The highest BCUT2D eigenvalue weighted by Gasteiger charge is 2.20. The molecule has 0 aliphatic carbocycles. The first-order valence-electron chi connectivity index (χ1n) is 3.76. The Balaban J connectivity index is 3.60. The summed E-state index contributed by atoms with van der Waals surface area (Å²) in [6.45, 7) is 3.23. The van der Waals surface area contributed by atoms with Crippen LogP contribution in [0.15, 0.2) is 12.7 Å². The van der Waals surface area contributed by atoms with Crippen molar-refractivity contribution in [3.05, 3.63) is 12.7 Å². The van der Waals surface area contributed by atoms with E-state index in [4.69, 9.17) is 10.2 Å². The van der Waals surface area contributed by atoms with Crippen LogP contribution in [0, 0.1) is 0 Å². The molecule has 3 nitrogen and oxygen atoms in total. The quantitative estimate of drug-likeness (QED) is 0.380. The van der Waals surface area contributed by atoms with Crippen molar-refractivity contribution in [1.29, 1.82) is 0 Å². The number of hydrogen-bond donors (Lipinski definition) is 3. The van der Waals surface area contributed by atoms with Crippen molar-refractivity contribution < 1.29 is 15.3 Å². The van der Waals surface area contributed by atoms with Crippen molar-refractivity contribution in [1.82, 2.24) is 0 Å². The molecule has 66 valence electrons. The summed E-state index contributed by atoms with van der Waals surface area (Å²) in [7, 11) is 0. The van der Waals surface area contributed by atoms with E-state index in [1.807, 2.05) is 0 Å². The van der Waals surface area contributed by atoms with Gasteiger partial charge in [0.1, 0.15) is 5.60 Å². The molecule has 0 saturated heterocycles. The van der Waals surface area contributed by atoms with E-state index in [9.17, 15) is 5.11 Å². The first-order valence-corrected chi connectivity index (χ1v) is 3.76. The van der Waals surface area contributed by atoms with Crippen molar-refractivity contribution in [3.8, 4) is 0 Å². The Hall–Kier alpha value is -0.380. The Morgan fingerprint density at radius 2 is 1.91 bits per heavy atom. The predicted molar refractivity (Wildman–Crippen MR) is 43.2 cm³/mol. The highest BCUT2D eigenvalue weighted by atomic mass is 16.3. The highest BCUT2D eigenvalue weighted by Crippen LogP contribution is 2.14. The van der Waals surface area contributed by atoms with Gasteiger partial charge < -0.3 is 15.3 Å². The fraction of sp³-hybridized carbons (Fsp3) is 0.750. The molecular weight excluding hydrogens is 144 g/mol. The third kappa shape index (κ3) is 4.14. The van der Waals surface area contributed by atoms with Crippen LogP contribution in [0.1, 0.15) is 19.3 Å². The van der Waals surface area contributed by atoms with Crippen LogP contribution >= 0.6 is 0 Å². The zero-order valence-electron chi connectivity index (χ0n) is 6.66. The fourth-order valence-corrected chi connectivity index (χ4v) is 0.789. The van der Waals surface area contributed by atoms with Crippen LogP contribution in [0.25, 0.3) is 0 Å². The summed E-state index contributed by atoms with van der Waals surface area (Å²) in [5.41, 5.74) is -1.16. The summed E-state index contributed by atoms with van der Waals surface area (Å²) < 4.78 is 0. The second kappa shape index (κ2) is 5.29. The Morgan fingerprint density at radius 3 is 2.27 bits per heavy atom. The topological polar surface area (TPSA) is 60.7 Å². The summed E-state index contributed by atoms with van der Waals surface area (Å²) >= 11 is 0. The van der Waals surface area contributed by atoms with Crippen LogP contribution in [0.2, 0.25) is 0 Å². The lowest BCUT2D eigenvalue weighted by Crippen LogP contribution is -2.30. The predicted octanol–water partition coefficient (Wildman–Crippen LogP) is 0.0584. The Morgan fingerprint density at radius 1 is 1.27 bits per heavy atom. The highest BCUT2D eigenvalue weighted by molar-refractivity contribution is 4.94. The summed E-state index contributed by atoms with van der Waals surface area (Å²) in [4.78, 5) is 0. The number of aliphatic hydroxyl groups is 3. The molecule has 0 rings (SSSR count). The maximum absolute atomic E-state index is 9.41. The summed E-state index contributed by atoms with van der Waals surface area (Å²) in [5, 5.41) is 26.5. The van der Waals surface area contributed by atoms with E-state index in [0.717, 1.165) is 0 Å². The maximum atomic E-state index is 9.41. The number of hydrogen-bond acceptors (Lipinski definition) is 3. The van der Waals surface area contributed by atoms with Crippen molar-refractivity contribution in [2.75, 3.05) is 13.2 Å².